The molecule has 0 atom stereocenters. The summed E-state index contributed by atoms with van der Waals surface area (Å²) in [4.78, 5) is 27.5. The SMILES string of the molecule is Cc1ccccc1C(=O)NC1CCN(C(=O)c2cccc(NS(=O)(=O)c3ccccc3)c2)CC1. The Morgan fingerprint density at radius 1 is 0.882 bits per heavy atom. The van der Waals surface area contributed by atoms with Crippen LogP contribution in [0.25, 0.3) is 0 Å². The molecule has 4 rings (SSSR count). The Labute approximate surface area is 199 Å². The molecule has 0 aliphatic carbocycles. The number of piperidine rings is 1. The van der Waals surface area contributed by atoms with E-state index in [1.807, 2.05) is 31.2 Å². The van der Waals surface area contributed by atoms with Crippen LogP contribution >= 0.6 is 0 Å². The number of amides is 2. The Morgan fingerprint density at radius 3 is 2.26 bits per heavy atom. The molecule has 3 aromatic rings. The predicted octanol–water partition coefficient (Wildman–Crippen LogP) is 3.83. The zero-order valence-electron chi connectivity index (χ0n) is 18.9. The van der Waals surface area contributed by atoms with Crippen LogP contribution < -0.4 is 10.0 Å². The van der Waals surface area contributed by atoms with Crippen molar-refractivity contribution in [1.29, 1.82) is 0 Å². The van der Waals surface area contributed by atoms with E-state index < -0.39 is 10.0 Å². The highest BCUT2D eigenvalue weighted by Crippen LogP contribution is 2.20. The monoisotopic (exact) mass is 477 g/mol. The number of carbonyl (C=O) groups excluding carboxylic acids is 2. The fourth-order valence-electron chi connectivity index (χ4n) is 4.03. The lowest BCUT2D eigenvalue weighted by atomic mass is 10.0. The van der Waals surface area contributed by atoms with Gasteiger partial charge in [0.1, 0.15) is 0 Å². The van der Waals surface area contributed by atoms with Crippen LogP contribution in [-0.4, -0.2) is 44.3 Å². The molecule has 0 unspecified atom stereocenters. The number of hydrogen-bond donors (Lipinski definition) is 2. The highest BCUT2D eigenvalue weighted by atomic mass is 32.2. The Kier molecular flexibility index (Phi) is 6.98. The van der Waals surface area contributed by atoms with Crippen molar-refractivity contribution in [3.8, 4) is 0 Å². The summed E-state index contributed by atoms with van der Waals surface area (Å²) < 4.78 is 27.7. The fourth-order valence-corrected chi connectivity index (χ4v) is 5.10. The molecule has 2 N–H and O–H groups in total. The van der Waals surface area contributed by atoms with Crippen LogP contribution in [0.3, 0.4) is 0 Å². The van der Waals surface area contributed by atoms with Gasteiger partial charge in [-0.05, 0) is 61.7 Å². The topological polar surface area (TPSA) is 95.6 Å². The van der Waals surface area contributed by atoms with Crippen molar-refractivity contribution in [2.24, 2.45) is 0 Å². The first kappa shape index (κ1) is 23.5. The van der Waals surface area contributed by atoms with Gasteiger partial charge in [0.15, 0.2) is 0 Å². The maximum Gasteiger partial charge on any atom is 0.261 e. The van der Waals surface area contributed by atoms with Crippen LogP contribution in [0.5, 0.6) is 0 Å². The number of carbonyl (C=O) groups is 2. The van der Waals surface area contributed by atoms with E-state index in [-0.39, 0.29) is 22.8 Å². The van der Waals surface area contributed by atoms with Gasteiger partial charge in [-0.15, -0.1) is 0 Å². The summed E-state index contributed by atoms with van der Waals surface area (Å²) in [5.74, 6) is -0.259. The number of anilines is 1. The van der Waals surface area contributed by atoms with Gasteiger partial charge in [0.05, 0.1) is 4.90 Å². The Hall–Kier alpha value is -3.65. The Morgan fingerprint density at radius 2 is 1.56 bits per heavy atom. The average Bonchev–Trinajstić information content (AvgIpc) is 2.85. The van der Waals surface area contributed by atoms with Gasteiger partial charge in [0, 0.05) is 35.9 Å². The molecule has 176 valence electrons. The molecule has 8 heteroatoms. The first-order valence-corrected chi connectivity index (χ1v) is 12.7. The van der Waals surface area contributed by atoms with Crippen LogP contribution in [0, 0.1) is 6.92 Å². The molecule has 0 spiro atoms. The number of hydrogen-bond acceptors (Lipinski definition) is 4. The van der Waals surface area contributed by atoms with Crippen LogP contribution in [0.4, 0.5) is 5.69 Å². The Bertz CT molecular complexity index is 1280. The molecule has 1 aliphatic rings. The summed E-state index contributed by atoms with van der Waals surface area (Å²) in [7, 11) is -3.74. The molecule has 3 aromatic carbocycles. The smallest absolute Gasteiger partial charge is 0.261 e. The van der Waals surface area contributed by atoms with Gasteiger partial charge in [-0.1, -0.05) is 42.5 Å². The van der Waals surface area contributed by atoms with Crippen molar-refractivity contribution in [2.45, 2.75) is 30.7 Å². The normalized spacial score (nSPS) is 14.4. The van der Waals surface area contributed by atoms with E-state index in [1.165, 1.54) is 12.1 Å². The second-order valence-electron chi connectivity index (χ2n) is 8.35. The quantitative estimate of drug-likeness (QED) is 0.564. The largest absolute Gasteiger partial charge is 0.349 e. The minimum absolute atomic E-state index is 0.000160. The van der Waals surface area contributed by atoms with Gasteiger partial charge in [-0.2, -0.15) is 0 Å². The molecule has 1 saturated heterocycles. The number of benzene rings is 3. The average molecular weight is 478 g/mol. The molecule has 1 aliphatic heterocycles. The van der Waals surface area contributed by atoms with E-state index >= 15 is 0 Å². The van der Waals surface area contributed by atoms with Crippen molar-refractivity contribution in [3.63, 3.8) is 0 Å². The first-order chi connectivity index (χ1) is 16.3. The van der Waals surface area contributed by atoms with Crippen LogP contribution in [-0.2, 0) is 10.0 Å². The van der Waals surface area contributed by atoms with Gasteiger partial charge >= 0.3 is 0 Å². The van der Waals surface area contributed by atoms with Crippen LogP contribution in [0.2, 0.25) is 0 Å². The lowest BCUT2D eigenvalue weighted by Gasteiger charge is -2.32. The number of nitrogens with zero attached hydrogens (tertiary/aromatic N) is 1. The number of aryl methyl sites for hydroxylation is 1. The van der Waals surface area contributed by atoms with Crippen molar-refractivity contribution in [2.75, 3.05) is 17.8 Å². The molecule has 1 fully saturated rings. The summed E-state index contributed by atoms with van der Waals surface area (Å²) in [6, 6.07) is 22.0. The maximum atomic E-state index is 13.0. The fraction of sp³-hybridized carbons (Fsp3) is 0.231. The summed E-state index contributed by atoms with van der Waals surface area (Å²) in [5.41, 5.74) is 2.33. The summed E-state index contributed by atoms with van der Waals surface area (Å²) >= 11 is 0. The highest BCUT2D eigenvalue weighted by molar-refractivity contribution is 7.92. The summed E-state index contributed by atoms with van der Waals surface area (Å²) in [6.07, 6.45) is 1.31. The zero-order chi connectivity index (χ0) is 24.1. The lowest BCUT2D eigenvalue weighted by molar-refractivity contribution is 0.0698. The molecule has 0 aromatic heterocycles. The van der Waals surface area contributed by atoms with E-state index in [1.54, 1.807) is 47.4 Å². The molecule has 2 amide bonds. The van der Waals surface area contributed by atoms with E-state index in [4.69, 9.17) is 0 Å². The summed E-state index contributed by atoms with van der Waals surface area (Å²) in [5, 5.41) is 3.07. The van der Waals surface area contributed by atoms with Gasteiger partial charge in [-0.3, -0.25) is 14.3 Å². The molecular weight excluding hydrogens is 450 g/mol. The third kappa shape index (κ3) is 5.46. The summed E-state index contributed by atoms with van der Waals surface area (Å²) in [6.45, 7) is 2.93. The van der Waals surface area contributed by atoms with Crippen molar-refractivity contribution >= 4 is 27.5 Å². The van der Waals surface area contributed by atoms with Gasteiger partial charge < -0.3 is 10.2 Å². The standard InChI is InChI=1S/C26H27N3O4S/c1-19-8-5-6-13-24(19)25(30)27-21-14-16-29(17-15-21)26(31)20-9-7-10-22(18-20)28-34(32,33)23-11-3-2-4-12-23/h2-13,18,21,28H,14-17H2,1H3,(H,27,30). The van der Waals surface area contributed by atoms with Crippen LogP contribution in [0.1, 0.15) is 39.1 Å². The molecule has 7 nitrogen and oxygen atoms in total. The highest BCUT2D eigenvalue weighted by Gasteiger charge is 2.25. The molecule has 0 radical (unpaired) electrons. The molecular formula is C26H27N3O4S. The predicted molar refractivity (Wildman–Crippen MR) is 131 cm³/mol. The van der Waals surface area contributed by atoms with Crippen molar-refractivity contribution < 1.29 is 18.0 Å². The van der Waals surface area contributed by atoms with Crippen LogP contribution in [0.15, 0.2) is 83.8 Å². The molecule has 34 heavy (non-hydrogen) atoms. The van der Waals surface area contributed by atoms with Crippen molar-refractivity contribution in [1.82, 2.24) is 10.2 Å². The third-order valence-electron chi connectivity index (χ3n) is 5.92. The first-order valence-electron chi connectivity index (χ1n) is 11.2. The van der Waals surface area contributed by atoms with E-state index in [9.17, 15) is 18.0 Å². The minimum Gasteiger partial charge on any atom is -0.349 e. The molecule has 1 heterocycles. The lowest BCUT2D eigenvalue weighted by Crippen LogP contribution is -2.46. The van der Waals surface area contributed by atoms with E-state index in [0.717, 1.165) is 5.56 Å². The van der Waals surface area contributed by atoms with Crippen molar-refractivity contribution in [3.05, 3.63) is 95.6 Å². The van der Waals surface area contributed by atoms with E-state index in [2.05, 4.69) is 10.0 Å². The van der Waals surface area contributed by atoms with E-state index in [0.29, 0.717) is 42.7 Å². The number of likely N-dealkylation sites (tertiary alicyclic amines) is 1. The van der Waals surface area contributed by atoms with Gasteiger partial charge in [-0.25, -0.2) is 8.42 Å². The molecule has 0 saturated carbocycles. The van der Waals surface area contributed by atoms with Gasteiger partial charge in [0.25, 0.3) is 21.8 Å². The Balaban J connectivity index is 1.36. The number of rotatable bonds is 6. The second-order valence-corrected chi connectivity index (χ2v) is 10.0. The molecule has 0 bridgehead atoms. The second kappa shape index (κ2) is 10.1. The number of sulfonamides is 1. The number of nitrogens with one attached hydrogen (secondary N) is 2. The maximum absolute atomic E-state index is 13.0. The van der Waals surface area contributed by atoms with Gasteiger partial charge in [0.2, 0.25) is 0 Å². The third-order valence-corrected chi connectivity index (χ3v) is 7.32. The minimum atomic E-state index is -3.74. The zero-order valence-corrected chi connectivity index (χ0v) is 19.7.